The minimum absolute atomic E-state index is 0.107. The zero-order valence-corrected chi connectivity index (χ0v) is 19.3. The van der Waals surface area contributed by atoms with E-state index in [4.69, 9.17) is 15.0 Å². The van der Waals surface area contributed by atoms with Crippen molar-refractivity contribution < 1.29 is 27.1 Å². The third-order valence-corrected chi connectivity index (χ3v) is 6.64. The Labute approximate surface area is 191 Å². The molecule has 10 nitrogen and oxygen atoms in total. The van der Waals surface area contributed by atoms with E-state index < -0.39 is 39.7 Å². The summed E-state index contributed by atoms with van der Waals surface area (Å²) in [4.78, 5) is 14.8. The summed E-state index contributed by atoms with van der Waals surface area (Å²) in [6.45, 7) is 6.65. The van der Waals surface area contributed by atoms with E-state index in [1.165, 1.54) is 18.2 Å². The first-order chi connectivity index (χ1) is 15.4. The first kappa shape index (κ1) is 24.1. The maximum Gasteiger partial charge on any atom is 0.412 e. The molecule has 0 aliphatic carbocycles. The molecule has 0 unspecified atom stereocenters. The van der Waals surface area contributed by atoms with E-state index in [9.17, 15) is 17.6 Å². The second-order valence-corrected chi connectivity index (χ2v) is 10.2. The van der Waals surface area contributed by atoms with Crippen molar-refractivity contribution in [1.82, 2.24) is 0 Å². The van der Waals surface area contributed by atoms with E-state index in [2.05, 4.69) is 15.3 Å². The van der Waals surface area contributed by atoms with Gasteiger partial charge in [-0.3, -0.25) is 9.62 Å². The number of ether oxygens (including phenoxy) is 2. The fourth-order valence-corrected chi connectivity index (χ4v) is 4.98. The van der Waals surface area contributed by atoms with E-state index in [1.54, 1.807) is 27.7 Å². The summed E-state index contributed by atoms with van der Waals surface area (Å²) in [5.74, 6) is -0.360. The summed E-state index contributed by atoms with van der Waals surface area (Å²) >= 11 is 0. The molecule has 0 saturated heterocycles. The van der Waals surface area contributed by atoms with Crippen LogP contribution in [-0.4, -0.2) is 38.8 Å². The molecule has 3 rings (SSSR count). The lowest BCUT2D eigenvalue weighted by Gasteiger charge is -2.40. The number of carbonyl (C=O) groups excluding carboxylic acids is 1. The number of hydrogen-bond acceptors (Lipinski definition) is 6. The van der Waals surface area contributed by atoms with Gasteiger partial charge in [0.15, 0.2) is 0 Å². The molecule has 1 heterocycles. The van der Waals surface area contributed by atoms with Gasteiger partial charge >= 0.3 is 6.09 Å². The Kier molecular flexibility index (Phi) is 6.71. The van der Waals surface area contributed by atoms with Gasteiger partial charge in [0.1, 0.15) is 23.3 Å². The second-order valence-electron chi connectivity index (χ2n) is 8.37. The van der Waals surface area contributed by atoms with Gasteiger partial charge in [0.05, 0.1) is 23.2 Å². The molecule has 2 aromatic rings. The van der Waals surface area contributed by atoms with E-state index >= 15 is 0 Å². The normalized spacial score (nSPS) is 17.9. The van der Waals surface area contributed by atoms with Crippen molar-refractivity contribution in [3.05, 3.63) is 58.7 Å². The molecule has 33 heavy (non-hydrogen) atoms. The Bertz CT molecular complexity index is 1190. The number of sulfonamides is 1. The highest BCUT2D eigenvalue weighted by Gasteiger charge is 2.40. The largest absolute Gasteiger partial charge is 0.486 e. The van der Waals surface area contributed by atoms with E-state index in [0.717, 1.165) is 28.6 Å². The number of amides is 1. The predicted octanol–water partition coefficient (Wildman–Crippen LogP) is 4.83. The summed E-state index contributed by atoms with van der Waals surface area (Å²) in [5, 5.41) is 6.10. The van der Waals surface area contributed by atoms with Gasteiger partial charge < -0.3 is 9.47 Å². The molecule has 0 fully saturated rings. The molecule has 1 N–H and O–H groups in total. The van der Waals surface area contributed by atoms with Crippen molar-refractivity contribution in [1.29, 1.82) is 0 Å². The van der Waals surface area contributed by atoms with Crippen LogP contribution in [0, 0.1) is 5.82 Å². The van der Waals surface area contributed by atoms with E-state index in [-0.39, 0.29) is 28.6 Å². The number of azide groups is 1. The molecule has 2 aromatic carbocycles. The van der Waals surface area contributed by atoms with Crippen LogP contribution in [-0.2, 0) is 14.8 Å². The summed E-state index contributed by atoms with van der Waals surface area (Å²) in [7, 11) is -4.17. The first-order valence-electron chi connectivity index (χ1n) is 10.0. The van der Waals surface area contributed by atoms with Crippen LogP contribution in [0.3, 0.4) is 0 Å². The topological polar surface area (TPSA) is 134 Å². The molecule has 1 aliphatic heterocycles. The molecule has 2 atom stereocenters. The molecule has 0 bridgehead atoms. The van der Waals surface area contributed by atoms with Gasteiger partial charge in [-0.25, -0.2) is 17.6 Å². The quantitative estimate of drug-likeness (QED) is 0.374. The maximum atomic E-state index is 13.5. The number of fused-ring (bicyclic) bond motifs is 1. The van der Waals surface area contributed by atoms with Gasteiger partial charge in [-0.1, -0.05) is 5.11 Å². The smallest absolute Gasteiger partial charge is 0.412 e. The van der Waals surface area contributed by atoms with Crippen LogP contribution < -0.4 is 14.4 Å². The van der Waals surface area contributed by atoms with Crippen molar-refractivity contribution >= 4 is 27.5 Å². The third-order valence-electron chi connectivity index (χ3n) is 4.72. The van der Waals surface area contributed by atoms with Gasteiger partial charge in [0, 0.05) is 10.6 Å². The Morgan fingerprint density at radius 2 is 1.94 bits per heavy atom. The lowest BCUT2D eigenvalue weighted by atomic mass is 10.1. The highest BCUT2D eigenvalue weighted by Crippen LogP contribution is 2.41. The molecule has 176 valence electrons. The molecule has 0 radical (unpaired) electrons. The summed E-state index contributed by atoms with van der Waals surface area (Å²) in [6.07, 6.45) is -1.48. The van der Waals surface area contributed by atoms with Crippen LogP contribution in [0.15, 0.2) is 52.5 Å². The highest BCUT2D eigenvalue weighted by molar-refractivity contribution is 7.92. The van der Waals surface area contributed by atoms with Crippen LogP contribution in [0.2, 0.25) is 0 Å². The van der Waals surface area contributed by atoms with Gasteiger partial charge in [-0.05, 0) is 75.7 Å². The highest BCUT2D eigenvalue weighted by atomic mass is 32.2. The summed E-state index contributed by atoms with van der Waals surface area (Å²) < 4.78 is 52.8. The standard InChI is InChI=1S/C21H24FN5O5S/c1-13-19(12-24-26-23)31-18-10-7-15(25-20(28)32-21(2,3)4)11-17(18)27(13)33(29,30)16-8-5-14(22)6-9-16/h5-11,13,19H,12H2,1-4H3,(H,25,28)/t13-,19+/m1/s1. The SMILES string of the molecule is C[C@@H]1[C@H](CN=[N+]=[N-])Oc2ccc(NC(=O)OC(C)(C)C)cc2N1S(=O)(=O)c1ccc(F)cc1. The van der Waals surface area contributed by atoms with Crippen LogP contribution >= 0.6 is 0 Å². The number of benzene rings is 2. The number of carbonyl (C=O) groups is 1. The third kappa shape index (κ3) is 5.47. The first-order valence-corrected chi connectivity index (χ1v) is 11.5. The van der Waals surface area contributed by atoms with Gasteiger partial charge in [-0.2, -0.15) is 0 Å². The van der Waals surface area contributed by atoms with Crippen molar-refractivity contribution in [2.24, 2.45) is 5.11 Å². The van der Waals surface area contributed by atoms with Crippen molar-refractivity contribution in [2.75, 3.05) is 16.2 Å². The Balaban J connectivity index is 2.06. The van der Waals surface area contributed by atoms with Crippen LogP contribution in [0.5, 0.6) is 5.75 Å². The average Bonchev–Trinajstić information content (AvgIpc) is 2.71. The number of hydrogen-bond donors (Lipinski definition) is 1. The number of nitrogens with one attached hydrogen (secondary N) is 1. The summed E-state index contributed by atoms with van der Waals surface area (Å²) in [6, 6.07) is 8.13. The van der Waals surface area contributed by atoms with E-state index in [0.29, 0.717) is 0 Å². The monoisotopic (exact) mass is 477 g/mol. The Morgan fingerprint density at radius 3 is 2.55 bits per heavy atom. The van der Waals surface area contributed by atoms with Gasteiger partial charge in [-0.15, -0.1) is 0 Å². The summed E-state index contributed by atoms with van der Waals surface area (Å²) in [5.41, 5.74) is 8.42. The maximum absolute atomic E-state index is 13.5. The van der Waals surface area contributed by atoms with Crippen molar-refractivity contribution in [3.63, 3.8) is 0 Å². The molecule has 1 amide bonds. The van der Waals surface area contributed by atoms with Crippen LogP contribution in [0.1, 0.15) is 27.7 Å². The second kappa shape index (κ2) is 9.16. The molecule has 12 heteroatoms. The number of anilines is 2. The zero-order valence-electron chi connectivity index (χ0n) is 18.5. The fourth-order valence-electron chi connectivity index (χ4n) is 3.30. The molecular formula is C21H24FN5O5S. The zero-order chi connectivity index (χ0) is 24.4. The lowest BCUT2D eigenvalue weighted by Crippen LogP contribution is -2.51. The van der Waals surface area contributed by atoms with E-state index in [1.807, 2.05) is 0 Å². The molecule has 1 aliphatic rings. The molecule has 0 spiro atoms. The Morgan fingerprint density at radius 1 is 1.27 bits per heavy atom. The minimum Gasteiger partial charge on any atom is -0.486 e. The van der Waals surface area contributed by atoms with Crippen LogP contribution in [0.25, 0.3) is 10.4 Å². The number of rotatable bonds is 5. The molecule has 0 saturated carbocycles. The average molecular weight is 478 g/mol. The predicted molar refractivity (Wildman–Crippen MR) is 120 cm³/mol. The number of nitrogens with zero attached hydrogens (tertiary/aromatic N) is 4. The van der Waals surface area contributed by atoms with Gasteiger partial charge in [0.2, 0.25) is 0 Å². The molecule has 0 aromatic heterocycles. The molecular weight excluding hydrogens is 453 g/mol. The minimum atomic E-state index is -4.17. The Hall–Kier alpha value is -3.50. The van der Waals surface area contributed by atoms with Crippen LogP contribution in [0.4, 0.5) is 20.6 Å². The fraction of sp³-hybridized carbons (Fsp3) is 0.381. The lowest BCUT2D eigenvalue weighted by molar-refractivity contribution is 0.0636. The number of halogens is 1. The van der Waals surface area contributed by atoms with Gasteiger partial charge in [0.25, 0.3) is 10.0 Å². The van der Waals surface area contributed by atoms with Crippen molar-refractivity contribution in [3.8, 4) is 5.75 Å². The van der Waals surface area contributed by atoms with Crippen molar-refractivity contribution in [2.45, 2.75) is 50.3 Å².